The van der Waals surface area contributed by atoms with Crippen molar-refractivity contribution in [2.75, 3.05) is 20.2 Å². The van der Waals surface area contributed by atoms with E-state index in [-0.39, 0.29) is 0 Å². The molecule has 0 aliphatic carbocycles. The van der Waals surface area contributed by atoms with Gasteiger partial charge in [0, 0.05) is 16.9 Å². The standard InChI is InChI=1S/C16H20N2OS/c1-11-3-4-15(19-2)13(9-11)14-10-20-16(18-14)12-5-7-17-8-6-12/h3-4,9-10,12,17H,5-8H2,1-2H3. The van der Waals surface area contributed by atoms with E-state index >= 15 is 0 Å². The molecule has 2 heterocycles. The summed E-state index contributed by atoms with van der Waals surface area (Å²) in [6, 6.07) is 6.25. The van der Waals surface area contributed by atoms with Crippen LogP contribution < -0.4 is 10.1 Å². The zero-order chi connectivity index (χ0) is 13.9. The molecule has 1 aromatic heterocycles. The molecule has 20 heavy (non-hydrogen) atoms. The van der Waals surface area contributed by atoms with Gasteiger partial charge in [-0.05, 0) is 45.0 Å². The number of methoxy groups -OCH3 is 1. The smallest absolute Gasteiger partial charge is 0.128 e. The first kappa shape index (κ1) is 13.6. The van der Waals surface area contributed by atoms with E-state index in [0.29, 0.717) is 5.92 Å². The molecule has 1 aliphatic rings. The Kier molecular flexibility index (Phi) is 4.03. The number of hydrogen-bond acceptors (Lipinski definition) is 4. The lowest BCUT2D eigenvalue weighted by Crippen LogP contribution is -2.26. The first-order valence-electron chi connectivity index (χ1n) is 7.09. The van der Waals surface area contributed by atoms with Gasteiger partial charge in [-0.2, -0.15) is 0 Å². The van der Waals surface area contributed by atoms with Crippen molar-refractivity contribution in [3.05, 3.63) is 34.2 Å². The lowest BCUT2D eigenvalue weighted by atomic mass is 9.99. The van der Waals surface area contributed by atoms with Crippen molar-refractivity contribution in [3.8, 4) is 17.0 Å². The van der Waals surface area contributed by atoms with Gasteiger partial charge in [-0.1, -0.05) is 11.6 Å². The maximum atomic E-state index is 5.46. The summed E-state index contributed by atoms with van der Waals surface area (Å²) in [5, 5.41) is 6.84. The second kappa shape index (κ2) is 5.94. The Balaban J connectivity index is 1.91. The molecular weight excluding hydrogens is 268 g/mol. The molecule has 3 nitrogen and oxygen atoms in total. The third-order valence-corrected chi connectivity index (χ3v) is 4.85. The average Bonchev–Trinajstić information content (AvgIpc) is 2.98. The van der Waals surface area contributed by atoms with Crippen LogP contribution in [0.4, 0.5) is 0 Å². The van der Waals surface area contributed by atoms with Gasteiger partial charge in [-0.15, -0.1) is 11.3 Å². The highest BCUT2D eigenvalue weighted by Gasteiger charge is 2.19. The summed E-state index contributed by atoms with van der Waals surface area (Å²) in [5.74, 6) is 1.52. The van der Waals surface area contributed by atoms with Crippen LogP contribution in [-0.4, -0.2) is 25.2 Å². The Morgan fingerprint density at radius 3 is 2.85 bits per heavy atom. The number of hydrogen-bond donors (Lipinski definition) is 1. The fourth-order valence-electron chi connectivity index (χ4n) is 2.69. The summed E-state index contributed by atoms with van der Waals surface area (Å²) < 4.78 is 5.46. The first-order chi connectivity index (χ1) is 9.78. The van der Waals surface area contributed by atoms with Crippen LogP contribution in [0.25, 0.3) is 11.3 Å². The Labute approximate surface area is 124 Å². The molecule has 2 aromatic rings. The fourth-order valence-corrected chi connectivity index (χ4v) is 3.68. The molecule has 0 bridgehead atoms. The number of aryl methyl sites for hydroxylation is 1. The Hall–Kier alpha value is -1.39. The molecule has 0 saturated carbocycles. The molecule has 1 N–H and O–H groups in total. The van der Waals surface area contributed by atoms with Gasteiger partial charge in [-0.25, -0.2) is 4.98 Å². The third-order valence-electron chi connectivity index (χ3n) is 3.84. The van der Waals surface area contributed by atoms with E-state index in [9.17, 15) is 0 Å². The van der Waals surface area contributed by atoms with E-state index in [4.69, 9.17) is 9.72 Å². The molecule has 0 unspecified atom stereocenters. The monoisotopic (exact) mass is 288 g/mol. The van der Waals surface area contributed by atoms with Crippen molar-refractivity contribution in [1.29, 1.82) is 0 Å². The quantitative estimate of drug-likeness (QED) is 0.937. The fraction of sp³-hybridized carbons (Fsp3) is 0.438. The van der Waals surface area contributed by atoms with Crippen molar-refractivity contribution in [2.45, 2.75) is 25.7 Å². The predicted octanol–water partition coefficient (Wildman–Crippen LogP) is 3.59. The van der Waals surface area contributed by atoms with Crippen LogP contribution in [0.1, 0.15) is 29.3 Å². The van der Waals surface area contributed by atoms with Crippen molar-refractivity contribution in [2.24, 2.45) is 0 Å². The predicted molar refractivity (Wildman–Crippen MR) is 83.7 cm³/mol. The van der Waals surface area contributed by atoms with Crippen LogP contribution in [0, 0.1) is 6.92 Å². The molecule has 1 aliphatic heterocycles. The second-order valence-corrected chi connectivity index (χ2v) is 6.19. The minimum atomic E-state index is 0.616. The summed E-state index contributed by atoms with van der Waals surface area (Å²) >= 11 is 1.78. The lowest BCUT2D eigenvalue weighted by Gasteiger charge is -2.20. The van der Waals surface area contributed by atoms with E-state index in [1.807, 2.05) is 6.07 Å². The summed E-state index contributed by atoms with van der Waals surface area (Å²) in [6.45, 7) is 4.31. The van der Waals surface area contributed by atoms with Gasteiger partial charge in [0.25, 0.3) is 0 Å². The molecule has 0 radical (unpaired) electrons. The van der Waals surface area contributed by atoms with Gasteiger partial charge >= 0.3 is 0 Å². The topological polar surface area (TPSA) is 34.1 Å². The van der Waals surface area contributed by atoms with Crippen LogP contribution in [0.3, 0.4) is 0 Å². The van der Waals surface area contributed by atoms with Gasteiger partial charge in [0.05, 0.1) is 17.8 Å². The molecule has 0 amide bonds. The molecule has 0 spiro atoms. The van der Waals surface area contributed by atoms with Gasteiger partial charge in [-0.3, -0.25) is 0 Å². The second-order valence-electron chi connectivity index (χ2n) is 5.30. The van der Waals surface area contributed by atoms with Gasteiger partial charge < -0.3 is 10.1 Å². The van der Waals surface area contributed by atoms with Gasteiger partial charge in [0.1, 0.15) is 5.75 Å². The number of aromatic nitrogens is 1. The summed E-state index contributed by atoms with van der Waals surface area (Å²) in [6.07, 6.45) is 2.38. The van der Waals surface area contributed by atoms with Crippen LogP contribution in [0.5, 0.6) is 5.75 Å². The third kappa shape index (κ3) is 2.72. The Morgan fingerprint density at radius 2 is 2.10 bits per heavy atom. The molecule has 106 valence electrons. The largest absolute Gasteiger partial charge is 0.496 e. The number of nitrogens with one attached hydrogen (secondary N) is 1. The van der Waals surface area contributed by atoms with Crippen LogP contribution >= 0.6 is 11.3 Å². The molecule has 4 heteroatoms. The molecule has 0 atom stereocenters. The first-order valence-corrected chi connectivity index (χ1v) is 7.97. The SMILES string of the molecule is COc1ccc(C)cc1-c1csc(C2CCNCC2)n1. The van der Waals surface area contributed by atoms with Crippen molar-refractivity contribution >= 4 is 11.3 Å². The number of piperidine rings is 1. The highest BCUT2D eigenvalue weighted by atomic mass is 32.1. The zero-order valence-corrected chi connectivity index (χ0v) is 12.8. The van der Waals surface area contributed by atoms with Crippen molar-refractivity contribution < 1.29 is 4.74 Å². The summed E-state index contributed by atoms with van der Waals surface area (Å²) in [7, 11) is 1.72. The summed E-state index contributed by atoms with van der Waals surface area (Å²) in [5.41, 5.74) is 3.38. The number of nitrogens with zero attached hydrogens (tertiary/aromatic N) is 1. The number of rotatable bonds is 3. The van der Waals surface area contributed by atoms with Gasteiger partial charge in [0.2, 0.25) is 0 Å². The average molecular weight is 288 g/mol. The number of thiazole rings is 1. The minimum absolute atomic E-state index is 0.616. The minimum Gasteiger partial charge on any atom is -0.496 e. The van der Waals surface area contributed by atoms with Crippen molar-refractivity contribution in [1.82, 2.24) is 10.3 Å². The zero-order valence-electron chi connectivity index (χ0n) is 12.0. The normalized spacial score (nSPS) is 16.3. The summed E-state index contributed by atoms with van der Waals surface area (Å²) in [4.78, 5) is 4.86. The Morgan fingerprint density at radius 1 is 1.30 bits per heavy atom. The molecule has 1 fully saturated rings. The maximum absolute atomic E-state index is 5.46. The Bertz CT molecular complexity index is 588. The molecule has 3 rings (SSSR count). The van der Waals surface area contributed by atoms with Crippen LogP contribution in [0.2, 0.25) is 0 Å². The highest BCUT2D eigenvalue weighted by Crippen LogP contribution is 2.35. The maximum Gasteiger partial charge on any atom is 0.128 e. The van der Waals surface area contributed by atoms with E-state index in [1.165, 1.54) is 23.4 Å². The lowest BCUT2D eigenvalue weighted by molar-refractivity contribution is 0.416. The van der Waals surface area contributed by atoms with Gasteiger partial charge in [0.15, 0.2) is 0 Å². The molecule has 1 saturated heterocycles. The molecular formula is C16H20N2OS. The van der Waals surface area contributed by atoms with Crippen LogP contribution in [-0.2, 0) is 0 Å². The van der Waals surface area contributed by atoms with E-state index in [0.717, 1.165) is 30.1 Å². The number of ether oxygens (including phenoxy) is 1. The number of benzene rings is 1. The van der Waals surface area contributed by atoms with E-state index < -0.39 is 0 Å². The highest BCUT2D eigenvalue weighted by molar-refractivity contribution is 7.10. The van der Waals surface area contributed by atoms with E-state index in [1.54, 1.807) is 18.4 Å². The van der Waals surface area contributed by atoms with E-state index in [2.05, 4.69) is 29.8 Å². The molecule has 1 aromatic carbocycles. The van der Waals surface area contributed by atoms with Crippen LogP contribution in [0.15, 0.2) is 23.6 Å². The van der Waals surface area contributed by atoms with Crippen molar-refractivity contribution in [3.63, 3.8) is 0 Å².